The molecule has 2 heterocycles. The van der Waals surface area contributed by atoms with Gasteiger partial charge in [0.05, 0.1) is 11.2 Å². The highest BCUT2D eigenvalue weighted by Gasteiger charge is 2.71. The van der Waals surface area contributed by atoms with Crippen molar-refractivity contribution < 1.29 is 19.8 Å². The Morgan fingerprint density at radius 2 is 1.95 bits per heavy atom. The van der Waals surface area contributed by atoms with Crippen LogP contribution in [0.1, 0.15) is 81.4 Å². The van der Waals surface area contributed by atoms with Crippen molar-refractivity contribution in [1.82, 2.24) is 15.2 Å². The first-order valence-electron chi connectivity index (χ1n) is 15.2. The molecule has 6 atom stereocenters. The van der Waals surface area contributed by atoms with E-state index in [9.17, 15) is 24.6 Å². The molecule has 2 unspecified atom stereocenters. The monoisotopic (exact) mass is 564 g/mol. The highest BCUT2D eigenvalue weighted by atomic mass is 16.3. The molecule has 41 heavy (non-hydrogen) atoms. The molecule has 1 saturated heterocycles. The van der Waals surface area contributed by atoms with E-state index in [4.69, 9.17) is 5.73 Å². The summed E-state index contributed by atoms with van der Waals surface area (Å²) in [6.45, 7) is 9.66. The van der Waals surface area contributed by atoms with Gasteiger partial charge in [0.1, 0.15) is 11.6 Å². The Balaban J connectivity index is 1.40. The van der Waals surface area contributed by atoms with Gasteiger partial charge in [0, 0.05) is 49.5 Å². The number of allylic oxidation sites excluding steroid dienone is 2. The summed E-state index contributed by atoms with van der Waals surface area (Å²) in [5.74, 6) is -0.134. The van der Waals surface area contributed by atoms with Gasteiger partial charge in [0.25, 0.3) is 11.5 Å². The summed E-state index contributed by atoms with van der Waals surface area (Å²) < 4.78 is 0. The summed E-state index contributed by atoms with van der Waals surface area (Å²) >= 11 is 0. The van der Waals surface area contributed by atoms with Crippen LogP contribution in [0.25, 0.3) is 0 Å². The standard InChI is InChI=1S/C32H44N4O5/c1-17(2)9-24(27(33)37)34-28(38)22-10-20-12-32(41)26-21(16-36(26)15-19-5-6-19)11-31(32,14-25(20)35-29(22)39)23-13-30(4,40)8-7-18(23)3/h7-8,10,17,19,21,24,26,40-41H,5-6,9,11-16H2,1-4H3,(H2,33,37)(H,34,38)(H,35,39)/t21?,24-,26+,30?,31+,32+/m0/s1. The number of likely N-dealkylation sites (tertiary alicyclic amines) is 1. The van der Waals surface area contributed by atoms with E-state index in [1.54, 1.807) is 13.0 Å². The van der Waals surface area contributed by atoms with Crippen LogP contribution in [0.5, 0.6) is 0 Å². The van der Waals surface area contributed by atoms with Gasteiger partial charge in [-0.2, -0.15) is 0 Å². The van der Waals surface area contributed by atoms with E-state index >= 15 is 0 Å². The fourth-order valence-electron chi connectivity index (χ4n) is 8.41. The number of amides is 2. The maximum Gasteiger partial charge on any atom is 0.261 e. The summed E-state index contributed by atoms with van der Waals surface area (Å²) in [5.41, 5.74) is 5.79. The highest BCUT2D eigenvalue weighted by Crippen LogP contribution is 2.65. The third kappa shape index (κ3) is 4.70. The SMILES string of the molecule is CC1=C([C@@]23Cc4[nH]c(=O)c(C(=O)N[C@@H](CC(C)C)C(N)=O)cc4C[C@@]2(O)[C@H]2C(CN2CC2CC2)C3)CC(C)(O)C=C1. The molecule has 3 fully saturated rings. The first-order chi connectivity index (χ1) is 19.2. The van der Waals surface area contributed by atoms with Gasteiger partial charge in [0.2, 0.25) is 5.91 Å². The number of primary amides is 1. The summed E-state index contributed by atoms with van der Waals surface area (Å²) in [6.07, 6.45) is 8.61. The minimum absolute atomic E-state index is 0.0121. The van der Waals surface area contributed by atoms with Crippen LogP contribution in [0.15, 0.2) is 34.2 Å². The number of nitrogens with two attached hydrogens (primary N) is 1. The zero-order valence-corrected chi connectivity index (χ0v) is 24.6. The molecule has 5 aliphatic rings. The molecule has 0 aromatic carbocycles. The molecule has 0 bridgehead atoms. The molecule has 9 heteroatoms. The van der Waals surface area contributed by atoms with Gasteiger partial charge in [-0.15, -0.1) is 0 Å². The van der Waals surface area contributed by atoms with Gasteiger partial charge < -0.3 is 26.2 Å². The largest absolute Gasteiger partial charge is 0.387 e. The van der Waals surface area contributed by atoms with Crippen LogP contribution in [0, 0.1) is 23.2 Å². The second kappa shape index (κ2) is 9.64. The first-order valence-corrected chi connectivity index (χ1v) is 15.2. The molecule has 6 rings (SSSR count). The molecule has 1 aromatic rings. The normalized spacial score (nSPS) is 35.0. The van der Waals surface area contributed by atoms with Crippen molar-refractivity contribution in [2.24, 2.45) is 28.9 Å². The van der Waals surface area contributed by atoms with Crippen LogP contribution >= 0.6 is 0 Å². The van der Waals surface area contributed by atoms with Crippen LogP contribution in [0.4, 0.5) is 0 Å². The molecule has 222 valence electrons. The Hall–Kier alpha value is -2.75. The van der Waals surface area contributed by atoms with Crippen molar-refractivity contribution in [1.29, 1.82) is 0 Å². The van der Waals surface area contributed by atoms with Crippen LogP contribution in [-0.4, -0.2) is 68.3 Å². The molecule has 4 aliphatic carbocycles. The molecule has 1 aliphatic heterocycles. The smallest absolute Gasteiger partial charge is 0.261 e. The predicted octanol–water partition coefficient (Wildman–Crippen LogP) is 1.96. The van der Waals surface area contributed by atoms with E-state index in [0.29, 0.717) is 37.5 Å². The lowest BCUT2D eigenvalue weighted by atomic mass is 9.56. The number of rotatable bonds is 8. The molecular weight excluding hydrogens is 520 g/mol. The van der Waals surface area contributed by atoms with Gasteiger partial charge in [-0.05, 0) is 68.9 Å². The van der Waals surface area contributed by atoms with Crippen molar-refractivity contribution in [3.63, 3.8) is 0 Å². The van der Waals surface area contributed by atoms with E-state index in [1.807, 2.05) is 26.0 Å². The molecule has 2 amide bonds. The fraction of sp³-hybridized carbons (Fsp3) is 0.656. The third-order valence-electron chi connectivity index (χ3n) is 10.5. The van der Waals surface area contributed by atoms with Gasteiger partial charge in [-0.1, -0.05) is 37.1 Å². The van der Waals surface area contributed by atoms with Gasteiger partial charge >= 0.3 is 0 Å². The fourth-order valence-corrected chi connectivity index (χ4v) is 8.41. The Bertz CT molecular complexity index is 1400. The average Bonchev–Trinajstić information content (AvgIpc) is 3.65. The van der Waals surface area contributed by atoms with Crippen LogP contribution in [0.2, 0.25) is 0 Å². The Kier molecular flexibility index (Phi) is 6.67. The summed E-state index contributed by atoms with van der Waals surface area (Å²) in [4.78, 5) is 43.9. The number of hydrogen-bond donors (Lipinski definition) is 5. The Morgan fingerprint density at radius 1 is 1.22 bits per heavy atom. The molecule has 9 nitrogen and oxygen atoms in total. The lowest BCUT2D eigenvalue weighted by Gasteiger charge is -2.56. The van der Waals surface area contributed by atoms with Gasteiger partial charge in [-0.25, -0.2) is 0 Å². The molecule has 0 radical (unpaired) electrons. The minimum atomic E-state index is -1.12. The number of nitrogens with zero attached hydrogens (tertiary/aromatic N) is 1. The molecule has 6 N–H and O–H groups in total. The number of aromatic nitrogens is 1. The summed E-state index contributed by atoms with van der Waals surface area (Å²) in [7, 11) is 0. The molecule has 0 spiro atoms. The second-order valence-electron chi connectivity index (χ2n) is 14.3. The number of nitrogens with one attached hydrogen (secondary N) is 2. The minimum Gasteiger partial charge on any atom is -0.387 e. The summed E-state index contributed by atoms with van der Waals surface area (Å²) in [5, 5.41) is 26.7. The number of aliphatic hydroxyl groups is 2. The van der Waals surface area contributed by atoms with Crippen LogP contribution in [0.3, 0.4) is 0 Å². The number of hydrogen-bond acceptors (Lipinski definition) is 6. The van der Waals surface area contributed by atoms with E-state index in [1.165, 1.54) is 12.8 Å². The van der Waals surface area contributed by atoms with E-state index in [2.05, 4.69) is 22.1 Å². The lowest BCUT2D eigenvalue weighted by molar-refractivity contribution is -0.130. The zero-order chi connectivity index (χ0) is 29.5. The first kappa shape index (κ1) is 28.4. The Morgan fingerprint density at radius 3 is 2.61 bits per heavy atom. The number of H-pyrrole nitrogens is 1. The van der Waals surface area contributed by atoms with E-state index < -0.39 is 40.0 Å². The molecular formula is C32H44N4O5. The van der Waals surface area contributed by atoms with Gasteiger partial charge in [-0.3, -0.25) is 19.3 Å². The molecule has 2 saturated carbocycles. The Labute approximate surface area is 241 Å². The van der Waals surface area contributed by atoms with Crippen molar-refractivity contribution in [3.05, 3.63) is 56.5 Å². The number of fused-ring (bicyclic) bond motifs is 4. The van der Waals surface area contributed by atoms with Gasteiger partial charge in [0.15, 0.2) is 0 Å². The number of carbonyl (C=O) groups is 2. The van der Waals surface area contributed by atoms with Crippen molar-refractivity contribution in [3.8, 4) is 0 Å². The number of aromatic amines is 1. The lowest BCUT2D eigenvalue weighted by Crippen LogP contribution is -2.67. The quantitative estimate of drug-likeness (QED) is 0.326. The second-order valence-corrected chi connectivity index (χ2v) is 14.3. The van der Waals surface area contributed by atoms with Crippen molar-refractivity contribution >= 4 is 11.8 Å². The van der Waals surface area contributed by atoms with Crippen LogP contribution < -0.4 is 16.6 Å². The number of carbonyl (C=O) groups excluding carboxylic acids is 2. The third-order valence-corrected chi connectivity index (χ3v) is 10.5. The topological polar surface area (TPSA) is 149 Å². The summed E-state index contributed by atoms with van der Waals surface area (Å²) in [6, 6.07) is 0.717. The van der Waals surface area contributed by atoms with E-state index in [-0.39, 0.29) is 17.5 Å². The maximum atomic E-state index is 13.3. The van der Waals surface area contributed by atoms with Crippen LogP contribution in [-0.2, 0) is 17.6 Å². The average molecular weight is 565 g/mol. The van der Waals surface area contributed by atoms with Crippen molar-refractivity contribution in [2.75, 3.05) is 13.1 Å². The highest BCUT2D eigenvalue weighted by molar-refractivity contribution is 5.97. The number of pyridine rings is 1. The predicted molar refractivity (Wildman–Crippen MR) is 155 cm³/mol. The maximum absolute atomic E-state index is 13.3. The van der Waals surface area contributed by atoms with E-state index in [0.717, 1.165) is 41.9 Å². The molecule has 1 aromatic heterocycles. The van der Waals surface area contributed by atoms with Crippen molar-refractivity contribution in [2.45, 2.75) is 95.9 Å². The zero-order valence-electron chi connectivity index (χ0n) is 24.6.